The lowest BCUT2D eigenvalue weighted by atomic mass is 10.2. The van der Waals surface area contributed by atoms with E-state index >= 15 is 0 Å². The van der Waals surface area contributed by atoms with E-state index in [0.29, 0.717) is 5.39 Å². The van der Waals surface area contributed by atoms with Gasteiger partial charge >= 0.3 is 5.97 Å². The molecule has 0 aliphatic rings. The molecule has 1 heterocycles. The fourth-order valence-corrected chi connectivity index (χ4v) is 1.44. The fraction of sp³-hybridized carbons (Fsp3) is 0.100. The topological polar surface area (TPSA) is 42.2 Å². The average molecular weight is 211 g/mol. The van der Waals surface area contributed by atoms with Crippen molar-refractivity contribution >= 4 is 16.9 Å². The first kappa shape index (κ1) is 9.64. The van der Waals surface area contributed by atoms with Crippen LogP contribution in [0.15, 0.2) is 30.5 Å². The fourth-order valence-electron chi connectivity index (χ4n) is 1.44. The highest BCUT2D eigenvalue weighted by atomic mass is 19.1. The summed E-state index contributed by atoms with van der Waals surface area (Å²) in [6.07, 6.45) is -0.910. The molecule has 0 aliphatic carbocycles. The van der Waals surface area contributed by atoms with Crippen LogP contribution in [0.3, 0.4) is 0 Å². The SMILES string of the molecule is O=C(O)C(F)n1ccc2ccc(F)cc21. The number of benzene rings is 1. The third-order valence-corrected chi connectivity index (χ3v) is 2.13. The van der Waals surface area contributed by atoms with Gasteiger partial charge in [-0.2, -0.15) is 0 Å². The molecule has 5 heteroatoms. The zero-order chi connectivity index (χ0) is 11.0. The molecule has 0 bridgehead atoms. The van der Waals surface area contributed by atoms with E-state index in [1.54, 1.807) is 0 Å². The van der Waals surface area contributed by atoms with E-state index in [9.17, 15) is 13.6 Å². The second-order valence-electron chi connectivity index (χ2n) is 3.10. The smallest absolute Gasteiger partial charge is 0.359 e. The summed E-state index contributed by atoms with van der Waals surface area (Å²) >= 11 is 0. The number of hydrogen-bond donors (Lipinski definition) is 1. The highest BCUT2D eigenvalue weighted by Gasteiger charge is 2.19. The number of alkyl halides is 1. The minimum atomic E-state index is -2.19. The Morgan fingerprint density at radius 3 is 2.80 bits per heavy atom. The zero-order valence-electron chi connectivity index (χ0n) is 7.52. The molecule has 0 fully saturated rings. The first-order valence-corrected chi connectivity index (χ1v) is 4.22. The Kier molecular flexibility index (Phi) is 2.15. The van der Waals surface area contributed by atoms with Crippen molar-refractivity contribution in [2.24, 2.45) is 0 Å². The number of carboxylic acid groups (broad SMARTS) is 1. The summed E-state index contributed by atoms with van der Waals surface area (Å²) in [5.41, 5.74) is 0.227. The minimum Gasteiger partial charge on any atom is -0.478 e. The predicted octanol–water partition coefficient (Wildman–Crippen LogP) is 2.33. The molecule has 15 heavy (non-hydrogen) atoms. The molecule has 1 aromatic carbocycles. The number of rotatable bonds is 2. The van der Waals surface area contributed by atoms with Gasteiger partial charge in [-0.1, -0.05) is 0 Å². The Balaban J connectivity index is 2.61. The zero-order valence-corrected chi connectivity index (χ0v) is 7.52. The Morgan fingerprint density at radius 2 is 2.13 bits per heavy atom. The lowest BCUT2D eigenvalue weighted by molar-refractivity contribution is -0.146. The number of halogens is 2. The van der Waals surface area contributed by atoms with Gasteiger partial charge in [-0.3, -0.25) is 0 Å². The van der Waals surface area contributed by atoms with Crippen molar-refractivity contribution in [2.75, 3.05) is 0 Å². The number of carboxylic acids is 1. The van der Waals surface area contributed by atoms with Gasteiger partial charge in [-0.25, -0.2) is 13.6 Å². The maximum absolute atomic E-state index is 13.2. The minimum absolute atomic E-state index is 0.227. The van der Waals surface area contributed by atoms with Gasteiger partial charge in [-0.15, -0.1) is 0 Å². The summed E-state index contributed by atoms with van der Waals surface area (Å²) in [6.45, 7) is 0. The third-order valence-electron chi connectivity index (χ3n) is 2.13. The van der Waals surface area contributed by atoms with Gasteiger partial charge in [0, 0.05) is 6.20 Å². The lowest BCUT2D eigenvalue weighted by Crippen LogP contribution is -2.13. The van der Waals surface area contributed by atoms with Crippen molar-refractivity contribution in [3.63, 3.8) is 0 Å². The van der Waals surface area contributed by atoms with Crippen LogP contribution in [0.2, 0.25) is 0 Å². The summed E-state index contributed by atoms with van der Waals surface area (Å²) in [6, 6.07) is 5.34. The van der Waals surface area contributed by atoms with Gasteiger partial charge in [0.1, 0.15) is 5.82 Å². The average Bonchev–Trinajstić information content (AvgIpc) is 2.59. The molecule has 1 unspecified atom stereocenters. The van der Waals surface area contributed by atoms with E-state index in [0.717, 1.165) is 10.6 Å². The van der Waals surface area contributed by atoms with Crippen molar-refractivity contribution in [3.05, 3.63) is 36.3 Å². The van der Waals surface area contributed by atoms with E-state index in [2.05, 4.69) is 0 Å². The molecule has 2 aromatic rings. The molecule has 0 saturated heterocycles. The molecule has 0 spiro atoms. The van der Waals surface area contributed by atoms with E-state index in [1.165, 1.54) is 24.4 Å². The van der Waals surface area contributed by atoms with Crippen molar-refractivity contribution in [3.8, 4) is 0 Å². The van der Waals surface area contributed by atoms with Crippen LogP contribution in [0.4, 0.5) is 8.78 Å². The first-order chi connectivity index (χ1) is 7.09. The van der Waals surface area contributed by atoms with Crippen molar-refractivity contribution < 1.29 is 18.7 Å². The highest BCUT2D eigenvalue weighted by Crippen LogP contribution is 2.21. The summed E-state index contributed by atoms with van der Waals surface area (Å²) < 4.78 is 26.9. The van der Waals surface area contributed by atoms with E-state index in [1.807, 2.05) is 0 Å². The van der Waals surface area contributed by atoms with Crippen LogP contribution in [0.25, 0.3) is 10.9 Å². The number of aliphatic carboxylic acids is 1. The number of fused-ring (bicyclic) bond motifs is 1. The van der Waals surface area contributed by atoms with Crippen LogP contribution in [0, 0.1) is 5.82 Å². The van der Waals surface area contributed by atoms with Crippen LogP contribution in [-0.4, -0.2) is 15.6 Å². The van der Waals surface area contributed by atoms with Crippen LogP contribution in [0.5, 0.6) is 0 Å². The first-order valence-electron chi connectivity index (χ1n) is 4.22. The van der Waals surface area contributed by atoms with Gasteiger partial charge in [0.25, 0.3) is 6.30 Å². The molecular formula is C10H7F2NO2. The maximum Gasteiger partial charge on any atom is 0.359 e. The van der Waals surface area contributed by atoms with Crippen LogP contribution in [-0.2, 0) is 4.79 Å². The summed E-state index contributed by atoms with van der Waals surface area (Å²) in [5.74, 6) is -2.13. The van der Waals surface area contributed by atoms with Crippen molar-refractivity contribution in [1.29, 1.82) is 0 Å². The number of nitrogens with zero attached hydrogens (tertiary/aromatic N) is 1. The van der Waals surface area contributed by atoms with Crippen molar-refractivity contribution in [1.82, 2.24) is 4.57 Å². The molecule has 0 aliphatic heterocycles. The molecule has 0 radical (unpaired) electrons. The predicted molar refractivity (Wildman–Crippen MR) is 49.7 cm³/mol. The molecule has 0 amide bonds. The Morgan fingerprint density at radius 1 is 1.40 bits per heavy atom. The Hall–Kier alpha value is -1.91. The molecule has 1 atom stereocenters. The highest BCUT2D eigenvalue weighted by molar-refractivity contribution is 5.82. The molecule has 78 valence electrons. The Bertz CT molecular complexity index is 521. The van der Waals surface area contributed by atoms with E-state index in [-0.39, 0.29) is 5.52 Å². The van der Waals surface area contributed by atoms with Gasteiger partial charge in [0.15, 0.2) is 0 Å². The summed E-state index contributed by atoms with van der Waals surface area (Å²) in [7, 11) is 0. The van der Waals surface area contributed by atoms with E-state index < -0.39 is 18.1 Å². The van der Waals surface area contributed by atoms with Crippen LogP contribution in [0.1, 0.15) is 6.30 Å². The molecular weight excluding hydrogens is 204 g/mol. The van der Waals surface area contributed by atoms with Gasteiger partial charge in [0.05, 0.1) is 5.52 Å². The molecule has 2 rings (SSSR count). The largest absolute Gasteiger partial charge is 0.478 e. The van der Waals surface area contributed by atoms with Crippen molar-refractivity contribution in [2.45, 2.75) is 6.30 Å². The molecule has 3 nitrogen and oxygen atoms in total. The van der Waals surface area contributed by atoms with Gasteiger partial charge in [0.2, 0.25) is 0 Å². The van der Waals surface area contributed by atoms with Crippen LogP contribution >= 0.6 is 0 Å². The molecule has 1 N–H and O–H groups in total. The second kappa shape index (κ2) is 3.34. The molecule has 1 aromatic heterocycles. The lowest BCUT2D eigenvalue weighted by Gasteiger charge is -2.06. The summed E-state index contributed by atoms with van der Waals surface area (Å²) in [5, 5.41) is 9.09. The monoisotopic (exact) mass is 211 g/mol. The quantitative estimate of drug-likeness (QED) is 0.828. The standard InChI is InChI=1S/C10H7F2NO2/c11-7-2-1-6-3-4-13(8(6)5-7)9(12)10(14)15/h1-5,9H,(H,14,15). The second-order valence-corrected chi connectivity index (χ2v) is 3.10. The Labute approximate surface area is 83.5 Å². The number of hydrogen-bond acceptors (Lipinski definition) is 1. The normalized spacial score (nSPS) is 12.9. The number of aromatic nitrogens is 1. The van der Waals surface area contributed by atoms with E-state index in [4.69, 9.17) is 5.11 Å². The maximum atomic E-state index is 13.2. The third kappa shape index (κ3) is 1.56. The molecule has 0 saturated carbocycles. The summed E-state index contributed by atoms with van der Waals surface area (Å²) in [4.78, 5) is 10.4. The van der Waals surface area contributed by atoms with Crippen LogP contribution < -0.4 is 0 Å². The van der Waals surface area contributed by atoms with Gasteiger partial charge in [-0.05, 0) is 29.7 Å². The van der Waals surface area contributed by atoms with Gasteiger partial charge < -0.3 is 9.67 Å². The number of carbonyl (C=O) groups is 1.